The van der Waals surface area contributed by atoms with Crippen LogP contribution >= 0.6 is 11.3 Å². The molecule has 0 fully saturated rings. The fourth-order valence-electron chi connectivity index (χ4n) is 5.82. The van der Waals surface area contributed by atoms with Crippen molar-refractivity contribution in [1.29, 1.82) is 0 Å². The van der Waals surface area contributed by atoms with Crippen LogP contribution in [0.2, 0.25) is 0 Å². The second-order valence-corrected chi connectivity index (χ2v) is 14.8. The van der Waals surface area contributed by atoms with Crippen LogP contribution in [0, 0.1) is 0 Å². The Bertz CT molecular complexity index is 2230. The summed E-state index contributed by atoms with van der Waals surface area (Å²) < 4.78 is 28.7. The summed E-state index contributed by atoms with van der Waals surface area (Å²) in [5.41, 5.74) is 4.44. The average Bonchev–Trinajstić information content (AvgIpc) is 3.49. The highest BCUT2D eigenvalue weighted by molar-refractivity contribution is 7.92. The van der Waals surface area contributed by atoms with Gasteiger partial charge in [-0.15, -0.1) is 11.3 Å². The van der Waals surface area contributed by atoms with Gasteiger partial charge in [0.05, 0.1) is 21.6 Å². The third-order valence-corrected chi connectivity index (χ3v) is 11.1. The first-order valence-electron chi connectivity index (χ1n) is 16.1. The number of aromatic carboxylic acids is 2. The predicted molar refractivity (Wildman–Crippen MR) is 195 cm³/mol. The molecule has 6 rings (SSSR count). The molecular weight excluding hydrogens is 691 g/mol. The fraction of sp³-hybridized carbons (Fsp3) is 0.158. The van der Waals surface area contributed by atoms with Crippen molar-refractivity contribution in [2.24, 2.45) is 0 Å². The molecule has 5 N–H and O–H groups in total. The maximum absolute atomic E-state index is 13.8. The van der Waals surface area contributed by atoms with Crippen molar-refractivity contribution in [3.05, 3.63) is 141 Å². The van der Waals surface area contributed by atoms with Gasteiger partial charge in [-0.25, -0.2) is 18.0 Å². The first-order chi connectivity index (χ1) is 24.5. The molecule has 2 amide bonds. The van der Waals surface area contributed by atoms with Crippen molar-refractivity contribution in [1.82, 2.24) is 0 Å². The minimum Gasteiger partial charge on any atom is -0.478 e. The highest BCUT2D eigenvalue weighted by Gasteiger charge is 2.27. The molecule has 0 saturated heterocycles. The van der Waals surface area contributed by atoms with Crippen LogP contribution in [0.3, 0.4) is 0 Å². The summed E-state index contributed by atoms with van der Waals surface area (Å²) in [6.45, 7) is 0. The molecule has 5 aromatic rings. The number of aryl methyl sites for hydroxylation is 3. The summed E-state index contributed by atoms with van der Waals surface area (Å²) in [5.74, 6) is -3.03. The summed E-state index contributed by atoms with van der Waals surface area (Å²) in [4.78, 5) is 50.4. The fourth-order valence-corrected chi connectivity index (χ4v) is 8.21. The minimum atomic E-state index is -4.12. The van der Waals surface area contributed by atoms with Crippen LogP contribution in [0.15, 0.2) is 102 Å². The molecule has 0 saturated carbocycles. The number of amides is 2. The molecule has 0 spiro atoms. The van der Waals surface area contributed by atoms with Crippen LogP contribution in [-0.4, -0.2) is 42.4 Å². The smallest absolute Gasteiger partial charge is 0.335 e. The number of fused-ring (bicyclic) bond motifs is 1. The predicted octanol–water partition coefficient (Wildman–Crippen LogP) is 7.11. The first-order valence-corrected chi connectivity index (χ1v) is 18.4. The van der Waals surface area contributed by atoms with Crippen LogP contribution < -0.4 is 15.4 Å². The zero-order valence-electron chi connectivity index (χ0n) is 27.1. The Labute approximate surface area is 298 Å². The number of carboxylic acid groups (broad SMARTS) is 2. The molecular formula is C38H33N3O8S2. The molecule has 51 heavy (non-hydrogen) atoms. The summed E-state index contributed by atoms with van der Waals surface area (Å²) in [6, 6.07) is 25.0. The number of carbonyl (C=O) groups excluding carboxylic acids is 2. The Balaban J connectivity index is 1.15. The average molecular weight is 724 g/mol. The van der Waals surface area contributed by atoms with Gasteiger partial charge in [-0.1, -0.05) is 30.3 Å². The topological polar surface area (TPSA) is 179 Å². The molecule has 1 aromatic heterocycles. The lowest BCUT2D eigenvalue weighted by Gasteiger charge is -2.14. The lowest BCUT2D eigenvalue weighted by molar-refractivity contribution is 0.0686. The van der Waals surface area contributed by atoms with Crippen molar-refractivity contribution in [2.75, 3.05) is 15.4 Å². The van der Waals surface area contributed by atoms with E-state index in [1.165, 1.54) is 59.9 Å². The highest BCUT2D eigenvalue weighted by atomic mass is 32.2. The molecule has 13 heteroatoms. The lowest BCUT2D eigenvalue weighted by atomic mass is 9.95. The van der Waals surface area contributed by atoms with E-state index in [2.05, 4.69) is 15.4 Å². The van der Waals surface area contributed by atoms with Crippen LogP contribution in [-0.2, 0) is 35.7 Å². The number of benzene rings is 4. The van der Waals surface area contributed by atoms with Gasteiger partial charge in [0, 0.05) is 21.8 Å². The number of nitrogens with one attached hydrogen (secondary N) is 3. The van der Waals surface area contributed by atoms with E-state index in [1.807, 2.05) is 24.3 Å². The van der Waals surface area contributed by atoms with E-state index in [0.717, 1.165) is 53.7 Å². The van der Waals surface area contributed by atoms with E-state index in [-0.39, 0.29) is 33.2 Å². The molecule has 260 valence electrons. The zero-order valence-corrected chi connectivity index (χ0v) is 28.8. The Hall–Kier alpha value is -5.79. The largest absolute Gasteiger partial charge is 0.478 e. The summed E-state index contributed by atoms with van der Waals surface area (Å²) in [7, 11) is -4.12. The number of hydrogen-bond acceptors (Lipinski definition) is 7. The first kappa shape index (κ1) is 35.1. The number of thiophene rings is 1. The molecule has 0 radical (unpaired) electrons. The van der Waals surface area contributed by atoms with Gasteiger partial charge in [-0.05, 0) is 122 Å². The minimum absolute atomic E-state index is 0.00798. The number of anilines is 3. The highest BCUT2D eigenvalue weighted by Crippen LogP contribution is 2.39. The van der Waals surface area contributed by atoms with Gasteiger partial charge in [0.15, 0.2) is 0 Å². The van der Waals surface area contributed by atoms with Crippen LogP contribution in [0.5, 0.6) is 0 Å². The van der Waals surface area contributed by atoms with Gasteiger partial charge in [0.2, 0.25) is 0 Å². The monoisotopic (exact) mass is 723 g/mol. The molecule has 0 bridgehead atoms. The van der Waals surface area contributed by atoms with Crippen LogP contribution in [0.25, 0.3) is 0 Å². The third-order valence-electron chi connectivity index (χ3n) is 8.53. The van der Waals surface area contributed by atoms with Crippen LogP contribution in [0.4, 0.5) is 16.4 Å². The number of sulfonamides is 1. The molecule has 1 aliphatic rings. The quantitative estimate of drug-likeness (QED) is 0.0903. The number of carbonyl (C=O) groups is 4. The van der Waals surface area contributed by atoms with Gasteiger partial charge in [0.1, 0.15) is 5.00 Å². The molecule has 0 aliphatic heterocycles. The summed E-state index contributed by atoms with van der Waals surface area (Å²) in [6.07, 6.45) is 4.83. The van der Waals surface area contributed by atoms with Crippen molar-refractivity contribution in [3.8, 4) is 0 Å². The van der Waals surface area contributed by atoms with Gasteiger partial charge >= 0.3 is 11.9 Å². The molecule has 0 atom stereocenters. The van der Waals surface area contributed by atoms with E-state index in [1.54, 1.807) is 24.3 Å². The second kappa shape index (κ2) is 15.0. The standard InChI is InChI=1S/C38H33N3O8S2/c42-34(27-4-3-5-30(22-27)51(48,49)41-29-20-16-26(17-21-29)38(46)47)40-36-33(31-6-1-2-7-32(31)50-36)35(43)39-28-18-12-24(13-19-28)9-8-23-10-14-25(15-11-23)37(44)45/h3-5,10-22,41H,1-2,6-9H2,(H,39,43)(H,40,42)(H,44,45)(H,46,47). The second-order valence-electron chi connectivity index (χ2n) is 12.0. The number of rotatable bonds is 12. The Morgan fingerprint density at radius 2 is 1.22 bits per heavy atom. The van der Waals surface area contributed by atoms with E-state index >= 15 is 0 Å². The summed E-state index contributed by atoms with van der Waals surface area (Å²) >= 11 is 1.35. The maximum Gasteiger partial charge on any atom is 0.335 e. The van der Waals surface area contributed by atoms with Crippen molar-refractivity contribution in [3.63, 3.8) is 0 Å². The Morgan fingerprint density at radius 3 is 1.84 bits per heavy atom. The van der Waals surface area contributed by atoms with E-state index in [0.29, 0.717) is 22.7 Å². The lowest BCUT2D eigenvalue weighted by Crippen LogP contribution is -2.19. The molecule has 1 heterocycles. The maximum atomic E-state index is 13.8. The molecule has 1 aliphatic carbocycles. The van der Waals surface area contributed by atoms with Crippen molar-refractivity contribution >= 4 is 61.5 Å². The number of carboxylic acids is 2. The molecule has 4 aromatic carbocycles. The van der Waals surface area contributed by atoms with Gasteiger partial charge in [-0.3, -0.25) is 14.3 Å². The van der Waals surface area contributed by atoms with E-state index in [9.17, 15) is 27.6 Å². The number of hydrogen-bond donors (Lipinski definition) is 5. The van der Waals surface area contributed by atoms with Crippen molar-refractivity contribution in [2.45, 2.75) is 43.4 Å². The molecule has 11 nitrogen and oxygen atoms in total. The van der Waals surface area contributed by atoms with Crippen molar-refractivity contribution < 1.29 is 37.8 Å². The van der Waals surface area contributed by atoms with Gasteiger partial charge in [-0.2, -0.15) is 0 Å². The SMILES string of the molecule is O=C(O)c1ccc(CCc2ccc(NC(=O)c3c(NC(=O)c4cccc(S(=O)(=O)Nc5ccc(C(=O)O)cc5)c4)sc4c3CCCC4)cc2)cc1. The van der Waals surface area contributed by atoms with Gasteiger partial charge < -0.3 is 20.8 Å². The van der Waals surface area contributed by atoms with Crippen LogP contribution in [0.1, 0.15) is 75.8 Å². The van der Waals surface area contributed by atoms with Gasteiger partial charge in [0.25, 0.3) is 21.8 Å². The molecule has 0 unspecified atom stereocenters. The van der Waals surface area contributed by atoms with E-state index in [4.69, 9.17) is 10.2 Å². The Morgan fingerprint density at radius 1 is 0.647 bits per heavy atom. The van der Waals surface area contributed by atoms with E-state index < -0.39 is 27.9 Å². The Kier molecular flexibility index (Phi) is 10.3. The third kappa shape index (κ3) is 8.34. The normalized spacial score (nSPS) is 12.4. The zero-order chi connectivity index (χ0) is 36.1. The summed E-state index contributed by atoms with van der Waals surface area (Å²) in [5, 5.41) is 24.4.